The van der Waals surface area contributed by atoms with Crippen LogP contribution in [0.15, 0.2) is 12.3 Å². The summed E-state index contributed by atoms with van der Waals surface area (Å²) in [5.41, 5.74) is 1.62. The van der Waals surface area contributed by atoms with Crippen LogP contribution in [-0.4, -0.2) is 18.0 Å². The molecule has 0 spiro atoms. The first-order valence-electron chi connectivity index (χ1n) is 7.87. The third kappa shape index (κ3) is 3.52. The summed E-state index contributed by atoms with van der Waals surface area (Å²) in [5.74, 6) is 1.67. The zero-order valence-corrected chi connectivity index (χ0v) is 13.3. The highest BCUT2D eigenvalue weighted by Gasteiger charge is 2.32. The van der Waals surface area contributed by atoms with Gasteiger partial charge in [0, 0.05) is 24.2 Å². The van der Waals surface area contributed by atoms with E-state index in [1.54, 1.807) is 0 Å². The average Bonchev–Trinajstić information content (AvgIpc) is 2.38. The van der Waals surface area contributed by atoms with Crippen LogP contribution in [0.4, 0.5) is 0 Å². The topological polar surface area (TPSA) is 3.24 Å². The Kier molecular flexibility index (Phi) is 5.75. The fourth-order valence-corrected chi connectivity index (χ4v) is 3.10. The van der Waals surface area contributed by atoms with Gasteiger partial charge < -0.3 is 4.90 Å². The van der Waals surface area contributed by atoms with Gasteiger partial charge in [0.1, 0.15) is 0 Å². The van der Waals surface area contributed by atoms with Gasteiger partial charge in [0.15, 0.2) is 0 Å². The standard InChI is InChI=1S/C17H33N/c1-7-9-14(3)17(5,6)15(4)18-12-10-16(8-2)11-13-18/h14,16H,4,7-13H2,1-3,5-6H3. The third-order valence-electron chi connectivity index (χ3n) is 5.27. The summed E-state index contributed by atoms with van der Waals surface area (Å²) in [7, 11) is 0. The maximum atomic E-state index is 4.43. The molecule has 1 saturated heterocycles. The Bertz CT molecular complexity index is 259. The van der Waals surface area contributed by atoms with Crippen molar-refractivity contribution in [1.82, 2.24) is 4.90 Å². The Morgan fingerprint density at radius 2 is 1.83 bits per heavy atom. The predicted molar refractivity (Wildman–Crippen MR) is 81.6 cm³/mol. The van der Waals surface area contributed by atoms with Crippen LogP contribution >= 0.6 is 0 Å². The monoisotopic (exact) mass is 251 g/mol. The molecule has 0 aromatic rings. The van der Waals surface area contributed by atoms with Crippen molar-refractivity contribution < 1.29 is 0 Å². The molecule has 1 heteroatoms. The lowest BCUT2D eigenvalue weighted by Gasteiger charge is -2.43. The molecule has 0 radical (unpaired) electrons. The van der Waals surface area contributed by atoms with E-state index in [0.29, 0.717) is 0 Å². The van der Waals surface area contributed by atoms with Crippen LogP contribution in [-0.2, 0) is 0 Å². The van der Waals surface area contributed by atoms with E-state index in [2.05, 4.69) is 46.1 Å². The molecule has 1 atom stereocenters. The van der Waals surface area contributed by atoms with E-state index in [4.69, 9.17) is 0 Å². The van der Waals surface area contributed by atoms with E-state index in [9.17, 15) is 0 Å². The smallest absolute Gasteiger partial charge is 0.0177 e. The van der Waals surface area contributed by atoms with Gasteiger partial charge >= 0.3 is 0 Å². The van der Waals surface area contributed by atoms with E-state index >= 15 is 0 Å². The Morgan fingerprint density at radius 1 is 1.28 bits per heavy atom. The molecule has 1 nitrogen and oxygen atoms in total. The van der Waals surface area contributed by atoms with Crippen LogP contribution in [0.5, 0.6) is 0 Å². The molecule has 1 fully saturated rings. The van der Waals surface area contributed by atoms with Gasteiger partial charge in [-0.1, -0.05) is 60.5 Å². The largest absolute Gasteiger partial charge is 0.375 e. The fourth-order valence-electron chi connectivity index (χ4n) is 3.10. The molecule has 1 aliphatic rings. The minimum atomic E-state index is 0.245. The summed E-state index contributed by atoms with van der Waals surface area (Å²) in [6, 6.07) is 0. The minimum absolute atomic E-state index is 0.245. The molecule has 1 rings (SSSR count). The van der Waals surface area contributed by atoms with Crippen molar-refractivity contribution in [3.8, 4) is 0 Å². The number of hydrogen-bond acceptors (Lipinski definition) is 1. The zero-order chi connectivity index (χ0) is 13.8. The van der Waals surface area contributed by atoms with Crippen molar-refractivity contribution in [2.24, 2.45) is 17.3 Å². The number of rotatable bonds is 6. The molecule has 0 aliphatic carbocycles. The summed E-state index contributed by atoms with van der Waals surface area (Å²) in [5, 5.41) is 0. The fraction of sp³-hybridized carbons (Fsp3) is 0.882. The zero-order valence-electron chi connectivity index (χ0n) is 13.3. The Hall–Kier alpha value is -0.460. The molecule has 0 saturated carbocycles. The minimum Gasteiger partial charge on any atom is -0.375 e. The normalized spacial score (nSPS) is 19.9. The van der Waals surface area contributed by atoms with Crippen molar-refractivity contribution in [3.05, 3.63) is 12.3 Å². The maximum absolute atomic E-state index is 4.43. The number of likely N-dealkylation sites (tertiary alicyclic amines) is 1. The quantitative estimate of drug-likeness (QED) is 0.636. The lowest BCUT2D eigenvalue weighted by Crippen LogP contribution is -2.39. The SMILES string of the molecule is C=C(N1CCC(CC)CC1)C(C)(C)C(C)CCC. The van der Waals surface area contributed by atoms with Gasteiger partial charge in [0.2, 0.25) is 0 Å². The number of allylic oxidation sites excluding steroid dienone is 1. The van der Waals surface area contributed by atoms with Crippen LogP contribution < -0.4 is 0 Å². The summed E-state index contributed by atoms with van der Waals surface area (Å²) in [6.45, 7) is 18.6. The third-order valence-corrected chi connectivity index (χ3v) is 5.27. The van der Waals surface area contributed by atoms with E-state index in [-0.39, 0.29) is 5.41 Å². The molecule has 0 bridgehead atoms. The van der Waals surface area contributed by atoms with Gasteiger partial charge in [-0.15, -0.1) is 0 Å². The first kappa shape index (κ1) is 15.6. The van der Waals surface area contributed by atoms with Crippen molar-refractivity contribution in [2.75, 3.05) is 13.1 Å². The molecular formula is C17H33N. The van der Waals surface area contributed by atoms with Gasteiger partial charge in [0.05, 0.1) is 0 Å². The van der Waals surface area contributed by atoms with E-state index in [0.717, 1.165) is 11.8 Å². The summed E-state index contributed by atoms with van der Waals surface area (Å²) >= 11 is 0. The molecule has 0 aromatic carbocycles. The highest BCUT2D eigenvalue weighted by molar-refractivity contribution is 5.09. The van der Waals surface area contributed by atoms with Crippen LogP contribution in [0, 0.1) is 17.3 Å². The average molecular weight is 251 g/mol. The predicted octanol–water partition coefficient (Wildman–Crippen LogP) is 5.08. The van der Waals surface area contributed by atoms with Crippen molar-refractivity contribution in [2.45, 2.75) is 66.7 Å². The molecule has 1 heterocycles. The van der Waals surface area contributed by atoms with Gasteiger partial charge in [-0.05, 0) is 24.7 Å². The summed E-state index contributed by atoms with van der Waals surface area (Å²) in [6.07, 6.45) is 6.63. The number of piperidine rings is 1. The van der Waals surface area contributed by atoms with E-state index < -0.39 is 0 Å². The van der Waals surface area contributed by atoms with Crippen LogP contribution in [0.3, 0.4) is 0 Å². The molecule has 0 aromatic heterocycles. The molecule has 0 N–H and O–H groups in total. The van der Waals surface area contributed by atoms with Gasteiger partial charge in [-0.2, -0.15) is 0 Å². The van der Waals surface area contributed by atoms with Crippen LogP contribution in [0.25, 0.3) is 0 Å². The van der Waals surface area contributed by atoms with Crippen LogP contribution in [0.2, 0.25) is 0 Å². The summed E-state index contributed by atoms with van der Waals surface area (Å²) < 4.78 is 0. The lowest BCUT2D eigenvalue weighted by atomic mass is 9.74. The molecule has 1 aliphatic heterocycles. The van der Waals surface area contributed by atoms with Crippen LogP contribution in [0.1, 0.15) is 66.7 Å². The van der Waals surface area contributed by atoms with Crippen molar-refractivity contribution in [3.63, 3.8) is 0 Å². The summed E-state index contributed by atoms with van der Waals surface area (Å²) in [4.78, 5) is 2.55. The Labute approximate surface area is 115 Å². The maximum Gasteiger partial charge on any atom is 0.0177 e. The highest BCUT2D eigenvalue weighted by atomic mass is 15.1. The highest BCUT2D eigenvalue weighted by Crippen LogP contribution is 2.39. The first-order chi connectivity index (χ1) is 8.43. The molecule has 18 heavy (non-hydrogen) atoms. The Morgan fingerprint density at radius 3 is 2.28 bits per heavy atom. The van der Waals surface area contributed by atoms with E-state index in [1.807, 2.05) is 0 Å². The van der Waals surface area contributed by atoms with Gasteiger partial charge in [-0.3, -0.25) is 0 Å². The molecule has 106 valence electrons. The number of nitrogens with zero attached hydrogens (tertiary/aromatic N) is 1. The molecule has 0 amide bonds. The second-order valence-electron chi connectivity index (χ2n) is 6.70. The van der Waals surface area contributed by atoms with Gasteiger partial charge in [0.25, 0.3) is 0 Å². The van der Waals surface area contributed by atoms with E-state index in [1.165, 1.54) is 50.9 Å². The van der Waals surface area contributed by atoms with Crippen molar-refractivity contribution >= 4 is 0 Å². The first-order valence-corrected chi connectivity index (χ1v) is 7.87. The number of hydrogen-bond donors (Lipinski definition) is 0. The van der Waals surface area contributed by atoms with Crippen molar-refractivity contribution in [1.29, 1.82) is 0 Å². The second-order valence-corrected chi connectivity index (χ2v) is 6.70. The second kappa shape index (κ2) is 6.63. The molecular weight excluding hydrogens is 218 g/mol. The van der Waals surface area contributed by atoms with Gasteiger partial charge in [-0.25, -0.2) is 0 Å². The lowest BCUT2D eigenvalue weighted by molar-refractivity contribution is 0.148. The Balaban J connectivity index is 2.58. The molecule has 1 unspecified atom stereocenters.